The highest BCUT2D eigenvalue weighted by Crippen LogP contribution is 2.31. The van der Waals surface area contributed by atoms with E-state index in [0.717, 1.165) is 33.8 Å². The van der Waals surface area contributed by atoms with Gasteiger partial charge in [0.25, 0.3) is 0 Å². The van der Waals surface area contributed by atoms with Crippen LogP contribution in [0.2, 0.25) is 0 Å². The first-order valence-corrected chi connectivity index (χ1v) is 8.84. The van der Waals surface area contributed by atoms with Gasteiger partial charge >= 0.3 is 0 Å². The molecule has 0 saturated carbocycles. The largest absolute Gasteiger partial charge is 0.497 e. The Morgan fingerprint density at radius 2 is 1.59 bits per heavy atom. The smallest absolute Gasteiger partial charge is 0.248 e. The number of amides is 1. The van der Waals surface area contributed by atoms with Gasteiger partial charge in [-0.2, -0.15) is 0 Å². The maximum Gasteiger partial charge on any atom is 0.248 e. The molecule has 0 spiro atoms. The summed E-state index contributed by atoms with van der Waals surface area (Å²) in [5.74, 6) is 0.381. The number of carbonyl (C=O) groups is 1. The van der Waals surface area contributed by atoms with Crippen molar-refractivity contribution >= 4 is 18.3 Å². The molecule has 0 saturated heterocycles. The molecule has 146 valence electrons. The summed E-state index contributed by atoms with van der Waals surface area (Å²) >= 11 is 0. The molecule has 0 aliphatic heterocycles. The van der Waals surface area contributed by atoms with Gasteiger partial charge in [0.1, 0.15) is 5.75 Å². The zero-order valence-electron chi connectivity index (χ0n) is 15.8. The van der Waals surface area contributed by atoms with Crippen molar-refractivity contribution in [1.29, 1.82) is 0 Å². The fraction of sp³-hybridized carbons (Fsp3) is 0.0435. The maximum absolute atomic E-state index is 11.3. The van der Waals surface area contributed by atoms with Crippen LogP contribution in [0.4, 0.5) is 0 Å². The van der Waals surface area contributed by atoms with Gasteiger partial charge < -0.3 is 15.0 Å². The van der Waals surface area contributed by atoms with E-state index in [-0.39, 0.29) is 12.4 Å². The second kappa shape index (κ2) is 8.63. The molecule has 2 N–H and O–H groups in total. The first-order valence-electron chi connectivity index (χ1n) is 8.84. The van der Waals surface area contributed by atoms with E-state index in [1.807, 2.05) is 71.4 Å². The monoisotopic (exact) mass is 405 g/mol. The summed E-state index contributed by atoms with van der Waals surface area (Å²) in [7, 11) is 1.65. The second-order valence-electron chi connectivity index (χ2n) is 6.35. The predicted molar refractivity (Wildman–Crippen MR) is 117 cm³/mol. The lowest BCUT2D eigenvalue weighted by molar-refractivity contribution is 0.100. The van der Waals surface area contributed by atoms with Crippen molar-refractivity contribution in [3.63, 3.8) is 0 Å². The van der Waals surface area contributed by atoms with Crippen molar-refractivity contribution in [2.45, 2.75) is 0 Å². The van der Waals surface area contributed by atoms with Crippen molar-refractivity contribution in [2.75, 3.05) is 7.11 Å². The Morgan fingerprint density at radius 3 is 2.21 bits per heavy atom. The molecule has 6 heteroatoms. The number of primary amides is 1. The number of imidazole rings is 1. The van der Waals surface area contributed by atoms with Gasteiger partial charge in [-0.25, -0.2) is 4.98 Å². The highest BCUT2D eigenvalue weighted by molar-refractivity contribution is 5.93. The molecule has 1 heterocycles. The Hall–Kier alpha value is -3.57. The van der Waals surface area contributed by atoms with Gasteiger partial charge in [0, 0.05) is 23.0 Å². The van der Waals surface area contributed by atoms with Gasteiger partial charge in [-0.1, -0.05) is 36.4 Å². The number of carbonyl (C=O) groups excluding carboxylic acids is 1. The Labute approximate surface area is 175 Å². The van der Waals surface area contributed by atoms with Crippen LogP contribution in [-0.2, 0) is 0 Å². The number of nitrogens with zero attached hydrogens (tertiary/aromatic N) is 2. The molecule has 1 amide bonds. The highest BCUT2D eigenvalue weighted by atomic mass is 35.5. The fourth-order valence-corrected chi connectivity index (χ4v) is 3.13. The summed E-state index contributed by atoms with van der Waals surface area (Å²) in [5.41, 5.74) is 10.8. The summed E-state index contributed by atoms with van der Waals surface area (Å²) < 4.78 is 7.19. The van der Waals surface area contributed by atoms with Gasteiger partial charge in [0.2, 0.25) is 5.91 Å². The average molecular weight is 406 g/mol. The number of hydrogen-bond acceptors (Lipinski definition) is 3. The molecule has 5 nitrogen and oxygen atoms in total. The maximum atomic E-state index is 11.3. The highest BCUT2D eigenvalue weighted by Gasteiger charge is 2.11. The summed E-state index contributed by atoms with van der Waals surface area (Å²) in [4.78, 5) is 15.9. The molecule has 0 radical (unpaired) electrons. The van der Waals surface area contributed by atoms with Gasteiger partial charge in [-0.05, 0) is 47.5 Å². The lowest BCUT2D eigenvalue weighted by atomic mass is 9.97. The number of nitrogens with two attached hydrogens (primary N) is 1. The standard InChI is InChI=1S/C23H19N3O2.ClH/c1-28-19-12-10-18(11-13-19)26-14-22(25-15-26)21-5-3-2-4-20(21)16-6-8-17(9-7-16)23(24)27;/h2-15H,1H3,(H2,24,27);1H. The van der Waals surface area contributed by atoms with Crippen LogP contribution in [-0.4, -0.2) is 22.6 Å². The van der Waals surface area contributed by atoms with E-state index < -0.39 is 5.91 Å². The Kier molecular flexibility index (Phi) is 6.00. The van der Waals surface area contributed by atoms with Crippen molar-refractivity contribution in [3.8, 4) is 33.8 Å². The van der Waals surface area contributed by atoms with Gasteiger partial charge in [0.15, 0.2) is 0 Å². The minimum absolute atomic E-state index is 0. The molecule has 3 aromatic carbocycles. The van der Waals surface area contributed by atoms with Crippen molar-refractivity contribution < 1.29 is 9.53 Å². The number of methoxy groups -OCH3 is 1. The predicted octanol–water partition coefficient (Wildman–Crippen LogP) is 4.74. The first kappa shape index (κ1) is 20.2. The van der Waals surface area contributed by atoms with E-state index in [9.17, 15) is 4.79 Å². The van der Waals surface area contributed by atoms with Crippen LogP contribution in [0.15, 0.2) is 85.3 Å². The zero-order valence-corrected chi connectivity index (χ0v) is 16.6. The first-order chi connectivity index (χ1) is 13.7. The Balaban J connectivity index is 0.00000240. The van der Waals surface area contributed by atoms with E-state index in [0.29, 0.717) is 5.56 Å². The quantitative estimate of drug-likeness (QED) is 0.521. The molecule has 29 heavy (non-hydrogen) atoms. The summed E-state index contributed by atoms with van der Waals surface area (Å²) in [5, 5.41) is 0. The lowest BCUT2D eigenvalue weighted by Gasteiger charge is -2.08. The molecular formula is C23H20ClN3O2. The van der Waals surface area contributed by atoms with Crippen LogP contribution < -0.4 is 10.5 Å². The molecule has 1 aromatic heterocycles. The van der Waals surface area contributed by atoms with Crippen molar-refractivity contribution in [1.82, 2.24) is 9.55 Å². The molecular weight excluding hydrogens is 386 g/mol. The van der Waals surface area contributed by atoms with Crippen LogP contribution in [0.5, 0.6) is 5.75 Å². The second-order valence-corrected chi connectivity index (χ2v) is 6.35. The molecule has 0 fully saturated rings. The van der Waals surface area contributed by atoms with E-state index in [4.69, 9.17) is 10.5 Å². The molecule has 4 aromatic rings. The van der Waals surface area contributed by atoms with Crippen molar-refractivity contribution in [3.05, 3.63) is 90.9 Å². The molecule has 0 atom stereocenters. The number of hydrogen-bond donors (Lipinski definition) is 1. The SMILES string of the molecule is COc1ccc(-n2cnc(-c3ccccc3-c3ccc(C(N)=O)cc3)c2)cc1.Cl. The molecule has 0 aliphatic rings. The number of halogens is 1. The fourth-order valence-electron chi connectivity index (χ4n) is 3.13. The van der Waals surface area contributed by atoms with Crippen LogP contribution in [0.1, 0.15) is 10.4 Å². The van der Waals surface area contributed by atoms with Crippen LogP contribution >= 0.6 is 12.4 Å². The number of aromatic nitrogens is 2. The molecule has 0 bridgehead atoms. The Morgan fingerprint density at radius 1 is 0.931 bits per heavy atom. The third-order valence-electron chi connectivity index (χ3n) is 4.64. The topological polar surface area (TPSA) is 70.1 Å². The molecule has 0 unspecified atom stereocenters. The lowest BCUT2D eigenvalue weighted by Crippen LogP contribution is -2.10. The average Bonchev–Trinajstić information content (AvgIpc) is 3.24. The van der Waals surface area contributed by atoms with Crippen molar-refractivity contribution in [2.24, 2.45) is 5.73 Å². The summed E-state index contributed by atoms with van der Waals surface area (Å²) in [6.07, 6.45) is 3.79. The summed E-state index contributed by atoms with van der Waals surface area (Å²) in [6, 6.07) is 23.2. The molecule has 4 rings (SSSR count). The van der Waals surface area contributed by atoms with Gasteiger partial charge in [-0.15, -0.1) is 12.4 Å². The van der Waals surface area contributed by atoms with Crippen LogP contribution in [0, 0.1) is 0 Å². The summed E-state index contributed by atoms with van der Waals surface area (Å²) in [6.45, 7) is 0. The van der Waals surface area contributed by atoms with Crippen LogP contribution in [0.25, 0.3) is 28.1 Å². The zero-order chi connectivity index (χ0) is 19.5. The molecule has 0 aliphatic carbocycles. The van der Waals surface area contributed by atoms with Crippen LogP contribution in [0.3, 0.4) is 0 Å². The van der Waals surface area contributed by atoms with E-state index in [1.54, 1.807) is 25.6 Å². The van der Waals surface area contributed by atoms with E-state index in [2.05, 4.69) is 4.98 Å². The van der Waals surface area contributed by atoms with Gasteiger partial charge in [-0.3, -0.25) is 4.79 Å². The third kappa shape index (κ3) is 4.15. The van der Waals surface area contributed by atoms with E-state index in [1.165, 1.54) is 0 Å². The number of benzene rings is 3. The number of rotatable bonds is 5. The Bertz CT molecular complexity index is 1120. The minimum atomic E-state index is -0.432. The number of ether oxygens (including phenoxy) is 1. The van der Waals surface area contributed by atoms with Gasteiger partial charge in [0.05, 0.1) is 19.1 Å². The minimum Gasteiger partial charge on any atom is -0.497 e. The third-order valence-corrected chi connectivity index (χ3v) is 4.64. The normalized spacial score (nSPS) is 10.2. The van der Waals surface area contributed by atoms with E-state index >= 15 is 0 Å².